The quantitative estimate of drug-likeness (QED) is 0.632. The largest absolute Gasteiger partial charge is 0.337 e. The van der Waals surface area contributed by atoms with E-state index in [-0.39, 0.29) is 11.5 Å². The van der Waals surface area contributed by atoms with Gasteiger partial charge in [-0.05, 0) is 25.2 Å². The van der Waals surface area contributed by atoms with E-state index in [1.165, 1.54) is 0 Å². The van der Waals surface area contributed by atoms with E-state index < -0.39 is 0 Å². The predicted octanol–water partition coefficient (Wildman–Crippen LogP) is 0.344. The van der Waals surface area contributed by atoms with Crippen LogP contribution in [0.25, 0.3) is 0 Å². The lowest BCUT2D eigenvalue weighted by Crippen LogP contribution is -2.51. The van der Waals surface area contributed by atoms with Gasteiger partial charge in [0.2, 0.25) is 5.91 Å². The zero-order chi connectivity index (χ0) is 9.22. The molecule has 0 radical (unpaired) electrons. The zero-order valence-corrected chi connectivity index (χ0v) is 7.99. The molecule has 2 heterocycles. The molecule has 3 unspecified atom stereocenters. The van der Waals surface area contributed by atoms with Crippen molar-refractivity contribution in [2.45, 2.75) is 38.3 Å². The topological polar surface area (TPSA) is 46.3 Å². The number of nitrogens with zero attached hydrogens (tertiary/aromatic N) is 1. The molecule has 0 aromatic heterocycles. The molecule has 0 aromatic rings. The highest BCUT2D eigenvalue weighted by molar-refractivity contribution is 5.86. The molecule has 3 heteroatoms. The molecule has 4 rings (SSSR count). The molecule has 2 N–H and O–H groups in total. The fraction of sp³-hybridized carbons (Fsp3) is 0.900. The molecule has 3 atom stereocenters. The Morgan fingerprint density at radius 2 is 2.23 bits per heavy atom. The molecule has 72 valence electrons. The van der Waals surface area contributed by atoms with Gasteiger partial charge < -0.3 is 10.6 Å². The number of rotatable bonds is 1. The number of hydrogen-bond donors (Lipinski definition) is 1. The summed E-state index contributed by atoms with van der Waals surface area (Å²) in [5.41, 5.74) is 5.92. The average Bonchev–Trinajstić information content (AvgIpc) is 2.65. The molecule has 3 nitrogen and oxygen atoms in total. The van der Waals surface area contributed by atoms with Gasteiger partial charge in [-0.2, -0.15) is 0 Å². The maximum absolute atomic E-state index is 12.0. The zero-order valence-electron chi connectivity index (χ0n) is 7.99. The maximum Gasteiger partial charge on any atom is 0.228 e. The number of carbonyl (C=O) groups excluding carboxylic acids is 1. The molecule has 2 saturated carbocycles. The van der Waals surface area contributed by atoms with Crippen LogP contribution in [0.4, 0.5) is 0 Å². The summed E-state index contributed by atoms with van der Waals surface area (Å²) < 4.78 is 0. The minimum absolute atomic E-state index is 0.00278. The van der Waals surface area contributed by atoms with Crippen molar-refractivity contribution in [1.29, 1.82) is 0 Å². The van der Waals surface area contributed by atoms with E-state index in [2.05, 4.69) is 6.92 Å². The van der Waals surface area contributed by atoms with Crippen molar-refractivity contribution >= 4 is 5.91 Å². The van der Waals surface area contributed by atoms with Gasteiger partial charge in [-0.3, -0.25) is 4.79 Å². The molecule has 13 heavy (non-hydrogen) atoms. The van der Waals surface area contributed by atoms with E-state index in [1.807, 2.05) is 4.90 Å². The third-order valence-electron chi connectivity index (χ3n) is 4.14. The molecular weight excluding hydrogens is 164 g/mol. The number of fused-ring (bicyclic) bond motifs is 1. The molecule has 0 aromatic carbocycles. The minimum atomic E-state index is -0.00278. The number of carbonyl (C=O) groups is 1. The third-order valence-corrected chi connectivity index (χ3v) is 4.14. The molecular formula is C10H16N2O. The molecule has 4 fully saturated rings. The van der Waals surface area contributed by atoms with Crippen LogP contribution in [-0.2, 0) is 4.79 Å². The average molecular weight is 180 g/mol. The van der Waals surface area contributed by atoms with Crippen LogP contribution in [0.3, 0.4) is 0 Å². The summed E-state index contributed by atoms with van der Waals surface area (Å²) in [4.78, 5) is 14.0. The van der Waals surface area contributed by atoms with Gasteiger partial charge in [-0.15, -0.1) is 0 Å². The van der Waals surface area contributed by atoms with Crippen molar-refractivity contribution in [3.63, 3.8) is 0 Å². The Kier molecular flexibility index (Phi) is 1.25. The summed E-state index contributed by atoms with van der Waals surface area (Å²) in [5, 5.41) is 0. The second kappa shape index (κ2) is 2.08. The molecule has 2 aliphatic carbocycles. The van der Waals surface area contributed by atoms with Crippen molar-refractivity contribution < 1.29 is 4.79 Å². The molecule has 2 bridgehead atoms. The summed E-state index contributed by atoms with van der Waals surface area (Å²) in [7, 11) is 0. The summed E-state index contributed by atoms with van der Waals surface area (Å²) in [6.07, 6.45) is 3.31. The van der Waals surface area contributed by atoms with Crippen LogP contribution in [-0.4, -0.2) is 29.4 Å². The summed E-state index contributed by atoms with van der Waals surface area (Å²) in [5.74, 6) is 0.976. The Bertz CT molecular complexity index is 272. The van der Waals surface area contributed by atoms with E-state index >= 15 is 0 Å². The second-order valence-corrected chi connectivity index (χ2v) is 5.16. The molecule has 1 amide bonds. The first kappa shape index (κ1) is 7.80. The maximum atomic E-state index is 12.0. The Balaban J connectivity index is 1.77. The van der Waals surface area contributed by atoms with E-state index in [4.69, 9.17) is 5.73 Å². The van der Waals surface area contributed by atoms with Crippen molar-refractivity contribution in [2.24, 2.45) is 17.1 Å². The molecule has 0 spiro atoms. The van der Waals surface area contributed by atoms with Crippen LogP contribution in [0.15, 0.2) is 0 Å². The van der Waals surface area contributed by atoms with E-state index in [0.717, 1.165) is 25.8 Å². The molecule has 2 saturated heterocycles. The van der Waals surface area contributed by atoms with Crippen LogP contribution < -0.4 is 5.73 Å². The lowest BCUT2D eigenvalue weighted by molar-refractivity contribution is -0.136. The Hall–Kier alpha value is -0.570. The predicted molar refractivity (Wildman–Crippen MR) is 48.9 cm³/mol. The highest BCUT2D eigenvalue weighted by Crippen LogP contribution is 2.50. The second-order valence-electron chi connectivity index (χ2n) is 5.16. The normalized spacial score (nSPS) is 44.5. The smallest absolute Gasteiger partial charge is 0.228 e. The van der Waals surface area contributed by atoms with Gasteiger partial charge in [-0.1, -0.05) is 6.92 Å². The highest BCUT2D eigenvalue weighted by atomic mass is 16.2. The fourth-order valence-electron chi connectivity index (χ4n) is 2.64. The van der Waals surface area contributed by atoms with Crippen molar-refractivity contribution in [3.8, 4) is 0 Å². The third kappa shape index (κ3) is 0.857. The Morgan fingerprint density at radius 3 is 2.62 bits per heavy atom. The summed E-state index contributed by atoms with van der Waals surface area (Å²) >= 11 is 0. The van der Waals surface area contributed by atoms with Gasteiger partial charge in [0.15, 0.2) is 0 Å². The van der Waals surface area contributed by atoms with Gasteiger partial charge in [0, 0.05) is 24.0 Å². The standard InChI is InChI=1S/C10H16N2O/c1-10(2-3-10)9(13)12-5-6-4-7(12)8(6)11/h6-8H,2-5,11H2,1H3. The SMILES string of the molecule is CC1(C(=O)N2CC3CC2C3N)CC1. The highest BCUT2D eigenvalue weighted by Gasteiger charge is 2.57. The van der Waals surface area contributed by atoms with Crippen LogP contribution in [0.5, 0.6) is 0 Å². The van der Waals surface area contributed by atoms with Gasteiger partial charge in [-0.25, -0.2) is 0 Å². The molecule has 2 aliphatic heterocycles. The van der Waals surface area contributed by atoms with Crippen LogP contribution in [0.1, 0.15) is 26.2 Å². The summed E-state index contributed by atoms with van der Waals surface area (Å²) in [6.45, 7) is 3.01. The Morgan fingerprint density at radius 1 is 1.54 bits per heavy atom. The van der Waals surface area contributed by atoms with Crippen LogP contribution >= 0.6 is 0 Å². The Labute approximate surface area is 78.3 Å². The van der Waals surface area contributed by atoms with Crippen LogP contribution in [0, 0.1) is 11.3 Å². The van der Waals surface area contributed by atoms with Gasteiger partial charge in [0.25, 0.3) is 0 Å². The van der Waals surface area contributed by atoms with Crippen LogP contribution in [0.2, 0.25) is 0 Å². The minimum Gasteiger partial charge on any atom is -0.337 e. The van der Waals surface area contributed by atoms with Crippen molar-refractivity contribution in [3.05, 3.63) is 0 Å². The lowest BCUT2D eigenvalue weighted by atomic mass is 9.81. The lowest BCUT2D eigenvalue weighted by Gasteiger charge is -2.34. The van der Waals surface area contributed by atoms with E-state index in [0.29, 0.717) is 17.9 Å². The molecule has 4 aliphatic rings. The first-order chi connectivity index (χ1) is 6.12. The van der Waals surface area contributed by atoms with Gasteiger partial charge in [0.05, 0.1) is 0 Å². The van der Waals surface area contributed by atoms with Crippen molar-refractivity contribution in [2.75, 3.05) is 6.54 Å². The number of amides is 1. The van der Waals surface area contributed by atoms with Crippen molar-refractivity contribution in [1.82, 2.24) is 4.90 Å². The number of hydrogen-bond acceptors (Lipinski definition) is 2. The van der Waals surface area contributed by atoms with Gasteiger partial charge >= 0.3 is 0 Å². The van der Waals surface area contributed by atoms with E-state index in [1.54, 1.807) is 0 Å². The van der Waals surface area contributed by atoms with E-state index in [9.17, 15) is 4.79 Å². The first-order valence-corrected chi connectivity index (χ1v) is 5.18. The summed E-state index contributed by atoms with van der Waals surface area (Å²) in [6, 6.07) is 0.668. The first-order valence-electron chi connectivity index (χ1n) is 5.18. The monoisotopic (exact) mass is 180 g/mol. The fourth-order valence-corrected chi connectivity index (χ4v) is 2.64. The number of nitrogens with two attached hydrogens (primary N) is 1. The van der Waals surface area contributed by atoms with Gasteiger partial charge in [0.1, 0.15) is 0 Å².